The van der Waals surface area contributed by atoms with Crippen LogP contribution in [0.3, 0.4) is 0 Å². The topological polar surface area (TPSA) is 85.0 Å². The van der Waals surface area contributed by atoms with E-state index in [1.165, 1.54) is 205 Å². The van der Waals surface area contributed by atoms with Crippen molar-refractivity contribution in [2.24, 2.45) is 0 Å². The molecule has 1 aromatic rings. The molecular formula is C61H119N5O3S. The molecule has 0 saturated carbocycles. The van der Waals surface area contributed by atoms with Crippen molar-refractivity contribution in [3.05, 3.63) is 29.3 Å². The lowest BCUT2D eigenvalue weighted by molar-refractivity contribution is 0.206. The van der Waals surface area contributed by atoms with Crippen LogP contribution in [0.5, 0.6) is 0 Å². The van der Waals surface area contributed by atoms with Gasteiger partial charge in [-0.25, -0.2) is 24.5 Å². The van der Waals surface area contributed by atoms with Crippen LogP contribution in [0, 0.1) is 0 Å². The molecule has 1 aromatic carbocycles. The Morgan fingerprint density at radius 2 is 0.671 bits per heavy atom. The lowest BCUT2D eigenvalue weighted by atomic mass is 9.92. The van der Waals surface area contributed by atoms with Gasteiger partial charge in [0.05, 0.1) is 5.69 Å². The number of urea groups is 1. The molecule has 412 valence electrons. The fraction of sp³-hybridized carbons (Fsp3) is 0.885. The zero-order valence-corrected chi connectivity index (χ0v) is 48.8. The molecule has 0 saturated heterocycles. The number of amides is 2. The van der Waals surface area contributed by atoms with Crippen LogP contribution in [0.25, 0.3) is 0 Å². The van der Waals surface area contributed by atoms with E-state index in [-0.39, 0.29) is 11.8 Å². The molecule has 0 fully saturated rings. The molecule has 9 heteroatoms. The zero-order valence-electron chi connectivity index (χ0n) is 48.0. The van der Waals surface area contributed by atoms with Crippen molar-refractivity contribution in [2.75, 3.05) is 31.2 Å². The second-order valence-electron chi connectivity index (χ2n) is 22.1. The van der Waals surface area contributed by atoms with E-state index in [2.05, 4.69) is 88.2 Å². The number of benzene rings is 1. The van der Waals surface area contributed by atoms with E-state index in [0.717, 1.165) is 68.2 Å². The first-order valence-corrected chi connectivity index (χ1v) is 32.3. The predicted molar refractivity (Wildman–Crippen MR) is 308 cm³/mol. The van der Waals surface area contributed by atoms with Gasteiger partial charge in [0, 0.05) is 26.2 Å². The van der Waals surface area contributed by atoms with Gasteiger partial charge in [0.15, 0.2) is 0 Å². The highest BCUT2D eigenvalue weighted by Crippen LogP contribution is 2.37. The fourth-order valence-corrected chi connectivity index (χ4v) is 11.0. The Bertz CT molecular complexity index is 1360. The van der Waals surface area contributed by atoms with Gasteiger partial charge in [0.25, 0.3) is 0 Å². The highest BCUT2D eigenvalue weighted by atomic mass is 32.2. The molecule has 0 spiro atoms. The van der Waals surface area contributed by atoms with Gasteiger partial charge in [0.2, 0.25) is 0 Å². The molecule has 0 heterocycles. The maximum absolute atomic E-state index is 15.1. The minimum atomic E-state index is -4.24. The molecular weight excluding hydrogens is 883 g/mol. The van der Waals surface area contributed by atoms with Crippen molar-refractivity contribution in [3.8, 4) is 0 Å². The Morgan fingerprint density at radius 3 is 0.943 bits per heavy atom. The number of carbonyl (C=O) groups is 1. The third kappa shape index (κ3) is 34.7. The second kappa shape index (κ2) is 45.9. The number of unbranched alkanes of at least 4 members (excludes halogenated alkanes) is 36. The summed E-state index contributed by atoms with van der Waals surface area (Å²) in [4.78, 5) is 18.0. The van der Waals surface area contributed by atoms with Crippen molar-refractivity contribution in [3.63, 3.8) is 0 Å². The van der Waals surface area contributed by atoms with Gasteiger partial charge < -0.3 is 0 Å². The highest BCUT2D eigenvalue weighted by molar-refractivity contribution is 7.88. The molecule has 2 amide bonds. The maximum atomic E-state index is 15.1. The Hall–Kier alpha value is -1.68. The fourth-order valence-electron chi connectivity index (χ4n) is 10.1. The molecule has 0 radical (unpaired) electrons. The highest BCUT2D eigenvalue weighted by Gasteiger charge is 2.32. The van der Waals surface area contributed by atoms with Crippen LogP contribution in [0.4, 0.5) is 10.5 Å². The standard InChI is InChI=1S/C61H119N5O3S/c1-9-13-17-21-25-29-33-37-41-45-52-64(53-46-42-38-34-30-26-22-18-14-10-2)63-70(68,69)62-61(67)66(60-58(56(5)6)50-49-51-59(60)57(7)8)65(54-47-43-39-35-31-27-23-19-15-11-3)55-48-44-40-36-32-28-24-20-16-12-4/h49-51,56-57,63H,9-48,52-55H2,1-8H3,(H,62,67). The summed E-state index contributed by atoms with van der Waals surface area (Å²) < 4.78 is 31.4. The molecule has 0 aromatic heterocycles. The SMILES string of the molecule is CCCCCCCCCCCCN(CCCCCCCCCCCC)NS(=O)(=O)NC(=O)N(c1c(C(C)C)cccc1C(C)C)N(CCCCCCCCCCCC)CCCCCCCCCCCC. The Morgan fingerprint density at radius 1 is 0.414 bits per heavy atom. The number of nitrogens with one attached hydrogen (secondary N) is 2. The number of para-hydroxylation sites is 1. The van der Waals surface area contributed by atoms with Gasteiger partial charge in [-0.05, 0) is 48.6 Å². The first-order chi connectivity index (χ1) is 34.0. The van der Waals surface area contributed by atoms with Gasteiger partial charge in [-0.15, -0.1) is 4.83 Å². The quantitative estimate of drug-likeness (QED) is 0.0502. The maximum Gasteiger partial charge on any atom is 0.351 e. The van der Waals surface area contributed by atoms with E-state index in [1.54, 1.807) is 5.01 Å². The minimum absolute atomic E-state index is 0.146. The normalized spacial score (nSPS) is 12.1. The van der Waals surface area contributed by atoms with Gasteiger partial charge in [-0.2, -0.15) is 8.42 Å². The molecule has 0 aliphatic heterocycles. The molecule has 0 aliphatic rings. The molecule has 0 atom stereocenters. The van der Waals surface area contributed by atoms with Crippen LogP contribution in [0.15, 0.2) is 18.2 Å². The lowest BCUT2D eigenvalue weighted by Gasteiger charge is -2.38. The average molecular weight is 1000 g/mol. The summed E-state index contributed by atoms with van der Waals surface area (Å²) in [5.74, 6) is 0.292. The zero-order chi connectivity index (χ0) is 51.3. The summed E-state index contributed by atoms with van der Waals surface area (Å²) in [6.45, 7) is 20.5. The number of hydrogen-bond donors (Lipinski definition) is 2. The lowest BCUT2D eigenvalue weighted by Crippen LogP contribution is -2.57. The minimum Gasteiger partial charge on any atom is -0.246 e. The molecule has 0 aliphatic carbocycles. The number of anilines is 1. The second-order valence-corrected chi connectivity index (χ2v) is 23.5. The molecule has 0 unspecified atom stereocenters. The van der Waals surface area contributed by atoms with Crippen molar-refractivity contribution >= 4 is 21.9 Å². The van der Waals surface area contributed by atoms with Crippen LogP contribution in [-0.4, -0.2) is 50.6 Å². The van der Waals surface area contributed by atoms with E-state index in [1.807, 2.05) is 5.01 Å². The first kappa shape index (κ1) is 66.3. The summed E-state index contributed by atoms with van der Waals surface area (Å²) in [7, 11) is -4.24. The molecule has 0 bridgehead atoms. The van der Waals surface area contributed by atoms with Crippen molar-refractivity contribution in [1.29, 1.82) is 0 Å². The van der Waals surface area contributed by atoms with Gasteiger partial charge in [0.1, 0.15) is 0 Å². The van der Waals surface area contributed by atoms with E-state index in [0.29, 0.717) is 26.2 Å². The summed E-state index contributed by atoms with van der Waals surface area (Å²) in [6.07, 6.45) is 49.6. The molecule has 1 rings (SSSR count). The number of nitrogens with zero attached hydrogens (tertiary/aromatic N) is 3. The number of hydrazine groups is 2. The summed E-state index contributed by atoms with van der Waals surface area (Å²) in [5, 5.41) is 5.89. The summed E-state index contributed by atoms with van der Waals surface area (Å²) in [6, 6.07) is 5.80. The van der Waals surface area contributed by atoms with Crippen LogP contribution in [0.2, 0.25) is 0 Å². The van der Waals surface area contributed by atoms with E-state index >= 15 is 4.79 Å². The summed E-state index contributed by atoms with van der Waals surface area (Å²) in [5.41, 5.74) is 3.00. The monoisotopic (exact) mass is 1000 g/mol. The smallest absolute Gasteiger partial charge is 0.246 e. The Labute approximate surface area is 437 Å². The van der Waals surface area contributed by atoms with Gasteiger partial charge in [-0.3, -0.25) is 0 Å². The third-order valence-corrected chi connectivity index (χ3v) is 15.5. The van der Waals surface area contributed by atoms with E-state index in [9.17, 15) is 8.42 Å². The number of carbonyl (C=O) groups excluding carboxylic acids is 1. The number of rotatable bonds is 51. The van der Waals surface area contributed by atoms with Crippen molar-refractivity contribution < 1.29 is 13.2 Å². The predicted octanol–water partition coefficient (Wildman–Crippen LogP) is 19.4. The van der Waals surface area contributed by atoms with Crippen LogP contribution in [0.1, 0.15) is 335 Å². The van der Waals surface area contributed by atoms with Gasteiger partial charge in [-0.1, -0.05) is 305 Å². The summed E-state index contributed by atoms with van der Waals surface area (Å²) >= 11 is 0. The van der Waals surface area contributed by atoms with E-state index < -0.39 is 16.2 Å². The van der Waals surface area contributed by atoms with E-state index in [4.69, 9.17) is 0 Å². The van der Waals surface area contributed by atoms with Gasteiger partial charge >= 0.3 is 16.2 Å². The molecule has 2 N–H and O–H groups in total. The number of hydrogen-bond acceptors (Lipinski definition) is 5. The molecule has 70 heavy (non-hydrogen) atoms. The average Bonchev–Trinajstić information content (AvgIpc) is 3.33. The first-order valence-electron chi connectivity index (χ1n) is 30.8. The largest absolute Gasteiger partial charge is 0.351 e. The Kier molecular flexibility index (Phi) is 43.5. The molecule has 8 nitrogen and oxygen atoms in total. The van der Waals surface area contributed by atoms with Crippen molar-refractivity contribution in [1.82, 2.24) is 19.6 Å². The van der Waals surface area contributed by atoms with Crippen LogP contribution in [-0.2, 0) is 10.2 Å². The van der Waals surface area contributed by atoms with Crippen molar-refractivity contribution in [2.45, 2.75) is 324 Å². The third-order valence-electron chi connectivity index (χ3n) is 14.6. The van der Waals surface area contributed by atoms with Crippen LogP contribution < -0.4 is 14.6 Å². The van der Waals surface area contributed by atoms with Crippen LogP contribution >= 0.6 is 0 Å². The Balaban J connectivity index is 3.33.